The Bertz CT molecular complexity index is 545. The standard InChI is InChI=1S/C15H18BrN3O/c1-3-17-14(10-11-5-4-6-12(16)9-11)13-7-8-15(20-2)19-18-13/h4-9,14,17H,3,10H2,1-2H3. The van der Waals surface area contributed by atoms with E-state index in [0.717, 1.165) is 23.1 Å². The Morgan fingerprint density at radius 1 is 1.25 bits per heavy atom. The maximum Gasteiger partial charge on any atom is 0.233 e. The van der Waals surface area contributed by atoms with E-state index in [2.05, 4.69) is 50.5 Å². The summed E-state index contributed by atoms with van der Waals surface area (Å²) in [5.41, 5.74) is 2.18. The molecule has 1 N–H and O–H groups in total. The minimum Gasteiger partial charge on any atom is -0.480 e. The Labute approximate surface area is 127 Å². The van der Waals surface area contributed by atoms with E-state index in [0.29, 0.717) is 5.88 Å². The number of halogens is 1. The summed E-state index contributed by atoms with van der Waals surface area (Å²) in [6.07, 6.45) is 0.869. The van der Waals surface area contributed by atoms with Crippen molar-refractivity contribution in [3.8, 4) is 5.88 Å². The molecule has 5 heteroatoms. The minimum absolute atomic E-state index is 0.146. The maximum absolute atomic E-state index is 5.04. The number of methoxy groups -OCH3 is 1. The third kappa shape index (κ3) is 4.02. The van der Waals surface area contributed by atoms with Crippen molar-refractivity contribution in [2.24, 2.45) is 0 Å². The Balaban J connectivity index is 2.17. The lowest BCUT2D eigenvalue weighted by Gasteiger charge is -2.17. The average molecular weight is 336 g/mol. The van der Waals surface area contributed by atoms with Crippen molar-refractivity contribution in [1.29, 1.82) is 0 Å². The number of benzene rings is 1. The van der Waals surface area contributed by atoms with E-state index < -0.39 is 0 Å². The molecule has 0 bridgehead atoms. The van der Waals surface area contributed by atoms with Crippen LogP contribution in [0, 0.1) is 0 Å². The van der Waals surface area contributed by atoms with Gasteiger partial charge in [-0.05, 0) is 36.7 Å². The molecule has 1 aromatic heterocycles. The van der Waals surface area contributed by atoms with Gasteiger partial charge in [0.05, 0.1) is 18.8 Å². The summed E-state index contributed by atoms with van der Waals surface area (Å²) in [5, 5.41) is 11.7. The van der Waals surface area contributed by atoms with Crippen molar-refractivity contribution >= 4 is 15.9 Å². The third-order valence-electron chi connectivity index (χ3n) is 3.01. The van der Waals surface area contributed by atoms with E-state index in [1.807, 2.05) is 24.3 Å². The predicted molar refractivity (Wildman–Crippen MR) is 82.8 cm³/mol. The van der Waals surface area contributed by atoms with Crippen LogP contribution < -0.4 is 10.1 Å². The zero-order chi connectivity index (χ0) is 14.4. The first-order valence-electron chi connectivity index (χ1n) is 6.58. The number of ether oxygens (including phenoxy) is 1. The SMILES string of the molecule is CCNC(Cc1cccc(Br)c1)c1ccc(OC)nn1. The van der Waals surface area contributed by atoms with Gasteiger partial charge in [-0.25, -0.2) is 0 Å². The van der Waals surface area contributed by atoms with Gasteiger partial charge in [-0.1, -0.05) is 35.0 Å². The van der Waals surface area contributed by atoms with Gasteiger partial charge in [-0.3, -0.25) is 0 Å². The number of likely N-dealkylation sites (N-methyl/N-ethyl adjacent to an activating group) is 1. The molecule has 0 saturated carbocycles. The molecule has 1 aromatic carbocycles. The summed E-state index contributed by atoms with van der Waals surface area (Å²) in [4.78, 5) is 0. The number of aromatic nitrogens is 2. The molecule has 0 aliphatic rings. The van der Waals surface area contributed by atoms with Crippen molar-refractivity contribution in [3.63, 3.8) is 0 Å². The normalized spacial score (nSPS) is 12.2. The van der Waals surface area contributed by atoms with Crippen molar-refractivity contribution in [2.45, 2.75) is 19.4 Å². The van der Waals surface area contributed by atoms with Gasteiger partial charge in [0.2, 0.25) is 5.88 Å². The van der Waals surface area contributed by atoms with Crippen LogP contribution in [0.5, 0.6) is 5.88 Å². The van der Waals surface area contributed by atoms with Gasteiger partial charge in [0.15, 0.2) is 0 Å². The summed E-state index contributed by atoms with van der Waals surface area (Å²) in [6, 6.07) is 12.3. The number of hydrogen-bond donors (Lipinski definition) is 1. The van der Waals surface area contributed by atoms with Crippen molar-refractivity contribution in [1.82, 2.24) is 15.5 Å². The molecule has 1 heterocycles. The molecule has 106 valence electrons. The highest BCUT2D eigenvalue weighted by molar-refractivity contribution is 9.10. The van der Waals surface area contributed by atoms with Crippen LogP contribution in [-0.2, 0) is 6.42 Å². The molecule has 0 saturated heterocycles. The molecule has 4 nitrogen and oxygen atoms in total. The van der Waals surface area contributed by atoms with Gasteiger partial charge in [0.25, 0.3) is 0 Å². The second kappa shape index (κ2) is 7.36. The highest BCUT2D eigenvalue weighted by atomic mass is 79.9. The van der Waals surface area contributed by atoms with Crippen LogP contribution in [0.4, 0.5) is 0 Å². The van der Waals surface area contributed by atoms with Gasteiger partial charge >= 0.3 is 0 Å². The molecule has 1 atom stereocenters. The minimum atomic E-state index is 0.146. The van der Waals surface area contributed by atoms with Gasteiger partial charge < -0.3 is 10.1 Å². The first-order valence-corrected chi connectivity index (χ1v) is 7.37. The fourth-order valence-corrected chi connectivity index (χ4v) is 2.50. The lowest BCUT2D eigenvalue weighted by atomic mass is 10.0. The largest absolute Gasteiger partial charge is 0.480 e. The molecule has 0 spiro atoms. The van der Waals surface area contributed by atoms with E-state index >= 15 is 0 Å². The molecular formula is C15H18BrN3O. The Kier molecular flexibility index (Phi) is 5.49. The average Bonchev–Trinajstić information content (AvgIpc) is 2.47. The molecule has 0 radical (unpaired) electrons. The van der Waals surface area contributed by atoms with Gasteiger partial charge in [-0.15, -0.1) is 5.10 Å². The molecule has 0 aliphatic heterocycles. The maximum atomic E-state index is 5.04. The van der Waals surface area contributed by atoms with Crippen molar-refractivity contribution in [2.75, 3.05) is 13.7 Å². The highest BCUT2D eigenvalue weighted by Gasteiger charge is 2.13. The molecule has 2 rings (SSSR count). The van der Waals surface area contributed by atoms with E-state index in [1.54, 1.807) is 7.11 Å². The summed E-state index contributed by atoms with van der Waals surface area (Å²) < 4.78 is 6.13. The topological polar surface area (TPSA) is 47.0 Å². The Hall–Kier alpha value is -1.46. The first kappa shape index (κ1) is 14.9. The summed E-state index contributed by atoms with van der Waals surface area (Å²) in [5.74, 6) is 0.534. The number of nitrogens with zero attached hydrogens (tertiary/aromatic N) is 2. The molecule has 20 heavy (non-hydrogen) atoms. The monoisotopic (exact) mass is 335 g/mol. The van der Waals surface area contributed by atoms with Crippen molar-refractivity contribution in [3.05, 3.63) is 52.1 Å². The molecule has 2 aromatic rings. The van der Waals surface area contributed by atoms with E-state index in [1.165, 1.54) is 5.56 Å². The third-order valence-corrected chi connectivity index (χ3v) is 3.50. The Morgan fingerprint density at radius 2 is 2.10 bits per heavy atom. The van der Waals surface area contributed by atoms with Crippen LogP contribution >= 0.6 is 15.9 Å². The lowest BCUT2D eigenvalue weighted by Crippen LogP contribution is -2.24. The van der Waals surface area contributed by atoms with Gasteiger partial charge in [0, 0.05) is 10.5 Å². The van der Waals surface area contributed by atoms with Crippen LogP contribution in [0.25, 0.3) is 0 Å². The summed E-state index contributed by atoms with van der Waals surface area (Å²) in [6.45, 7) is 2.97. The summed E-state index contributed by atoms with van der Waals surface area (Å²) >= 11 is 3.50. The molecule has 0 aliphatic carbocycles. The number of hydrogen-bond acceptors (Lipinski definition) is 4. The van der Waals surface area contributed by atoms with Crippen LogP contribution in [0.3, 0.4) is 0 Å². The van der Waals surface area contributed by atoms with E-state index in [-0.39, 0.29) is 6.04 Å². The second-order valence-electron chi connectivity index (χ2n) is 4.44. The summed E-state index contributed by atoms with van der Waals surface area (Å²) in [7, 11) is 1.59. The molecule has 0 amide bonds. The zero-order valence-corrected chi connectivity index (χ0v) is 13.2. The van der Waals surface area contributed by atoms with Crippen LogP contribution in [-0.4, -0.2) is 23.9 Å². The van der Waals surface area contributed by atoms with Gasteiger partial charge in [0.1, 0.15) is 0 Å². The smallest absolute Gasteiger partial charge is 0.233 e. The fraction of sp³-hybridized carbons (Fsp3) is 0.333. The van der Waals surface area contributed by atoms with Crippen molar-refractivity contribution < 1.29 is 4.74 Å². The Morgan fingerprint density at radius 3 is 2.70 bits per heavy atom. The van der Waals surface area contributed by atoms with Crippen LogP contribution in [0.2, 0.25) is 0 Å². The van der Waals surface area contributed by atoms with E-state index in [4.69, 9.17) is 4.74 Å². The number of rotatable bonds is 6. The predicted octanol–water partition coefficient (Wildman–Crippen LogP) is 3.14. The second-order valence-corrected chi connectivity index (χ2v) is 5.36. The quantitative estimate of drug-likeness (QED) is 0.880. The van der Waals surface area contributed by atoms with Crippen LogP contribution in [0.15, 0.2) is 40.9 Å². The fourth-order valence-electron chi connectivity index (χ4n) is 2.05. The first-order chi connectivity index (χ1) is 9.72. The molecule has 0 fully saturated rings. The van der Waals surface area contributed by atoms with Crippen LogP contribution in [0.1, 0.15) is 24.2 Å². The zero-order valence-electron chi connectivity index (χ0n) is 11.6. The molecular weight excluding hydrogens is 318 g/mol. The van der Waals surface area contributed by atoms with Gasteiger partial charge in [-0.2, -0.15) is 5.10 Å². The highest BCUT2D eigenvalue weighted by Crippen LogP contribution is 2.20. The number of nitrogens with one attached hydrogen (secondary N) is 1. The molecule has 1 unspecified atom stereocenters. The lowest BCUT2D eigenvalue weighted by molar-refractivity contribution is 0.389. The van der Waals surface area contributed by atoms with E-state index in [9.17, 15) is 0 Å².